The zero-order valence-corrected chi connectivity index (χ0v) is 14.4. The maximum atomic E-state index is 5.41. The Morgan fingerprint density at radius 1 is 0.963 bits per heavy atom. The highest BCUT2D eigenvalue weighted by Gasteiger charge is 2.15. The number of hydrogen-bond acceptors (Lipinski definition) is 8. The van der Waals surface area contributed by atoms with Crippen LogP contribution in [0.2, 0.25) is 0 Å². The van der Waals surface area contributed by atoms with Gasteiger partial charge in [0.05, 0.1) is 13.2 Å². The summed E-state index contributed by atoms with van der Waals surface area (Å²) < 4.78 is 5.41. The van der Waals surface area contributed by atoms with Gasteiger partial charge in [0.25, 0.3) is 0 Å². The first kappa shape index (κ1) is 15.7. The number of hydrogen-bond donors (Lipinski definition) is 3. The SMILES string of the molecule is c1nc(-c2nc(Nc3ccc(N4CCOCC4)cc3)c3n[nH]cc3n2)n[nH]1. The molecule has 10 heteroatoms. The number of H-pyrrole nitrogens is 2. The van der Waals surface area contributed by atoms with Crippen molar-refractivity contribution in [3.8, 4) is 11.6 Å². The zero-order valence-electron chi connectivity index (χ0n) is 14.4. The van der Waals surface area contributed by atoms with E-state index >= 15 is 0 Å². The fourth-order valence-corrected chi connectivity index (χ4v) is 3.06. The Morgan fingerprint density at radius 2 is 1.81 bits per heavy atom. The predicted octanol–water partition coefficient (Wildman–Crippen LogP) is 1.72. The molecule has 0 atom stereocenters. The van der Waals surface area contributed by atoms with Crippen molar-refractivity contribution in [3.63, 3.8) is 0 Å². The molecule has 0 aliphatic carbocycles. The standard InChI is InChI=1S/C17H17N9O/c1-3-12(26-5-7-27-8-6-26)4-2-11(1)21-15-14-13(9-19-24-14)22-17(23-15)16-18-10-20-25-16/h1-4,9-10H,5-8H2,(H,19,24)(H,18,20,25)(H,21,22,23). The molecule has 5 rings (SSSR count). The van der Waals surface area contributed by atoms with Crippen molar-refractivity contribution in [2.24, 2.45) is 0 Å². The number of nitrogens with zero attached hydrogens (tertiary/aromatic N) is 6. The van der Waals surface area contributed by atoms with Crippen LogP contribution in [0.3, 0.4) is 0 Å². The minimum Gasteiger partial charge on any atom is -0.378 e. The van der Waals surface area contributed by atoms with Gasteiger partial charge in [0.15, 0.2) is 11.3 Å². The largest absolute Gasteiger partial charge is 0.378 e. The lowest BCUT2D eigenvalue weighted by Crippen LogP contribution is -2.36. The molecule has 3 aromatic heterocycles. The van der Waals surface area contributed by atoms with Crippen molar-refractivity contribution >= 4 is 28.2 Å². The molecule has 1 aliphatic heterocycles. The molecule has 27 heavy (non-hydrogen) atoms. The summed E-state index contributed by atoms with van der Waals surface area (Å²) in [4.78, 5) is 15.4. The highest BCUT2D eigenvalue weighted by molar-refractivity contribution is 5.88. The predicted molar refractivity (Wildman–Crippen MR) is 99.8 cm³/mol. The van der Waals surface area contributed by atoms with Crippen LogP contribution in [-0.2, 0) is 4.74 Å². The molecule has 1 aliphatic rings. The molecule has 4 aromatic rings. The highest BCUT2D eigenvalue weighted by Crippen LogP contribution is 2.26. The van der Waals surface area contributed by atoms with Gasteiger partial charge in [0.1, 0.15) is 11.8 Å². The molecule has 10 nitrogen and oxygen atoms in total. The van der Waals surface area contributed by atoms with Crippen LogP contribution >= 0.6 is 0 Å². The third-order valence-corrected chi connectivity index (χ3v) is 4.41. The fraction of sp³-hybridized carbons (Fsp3) is 0.235. The van der Waals surface area contributed by atoms with Crippen LogP contribution in [0.5, 0.6) is 0 Å². The lowest BCUT2D eigenvalue weighted by atomic mass is 10.2. The van der Waals surface area contributed by atoms with E-state index in [-0.39, 0.29) is 0 Å². The molecule has 0 saturated carbocycles. The molecule has 1 saturated heterocycles. The Hall–Kier alpha value is -3.53. The first-order valence-electron chi connectivity index (χ1n) is 8.64. The summed E-state index contributed by atoms with van der Waals surface area (Å²) in [5.41, 5.74) is 3.44. The van der Waals surface area contributed by atoms with E-state index < -0.39 is 0 Å². The average Bonchev–Trinajstić information content (AvgIpc) is 3.41. The smallest absolute Gasteiger partial charge is 0.218 e. The third kappa shape index (κ3) is 3.06. The molecule has 3 N–H and O–H groups in total. The van der Waals surface area contributed by atoms with Crippen LogP contribution in [0.1, 0.15) is 0 Å². The van der Waals surface area contributed by atoms with Crippen LogP contribution in [0, 0.1) is 0 Å². The van der Waals surface area contributed by atoms with Crippen molar-refractivity contribution in [2.45, 2.75) is 0 Å². The van der Waals surface area contributed by atoms with E-state index in [2.05, 4.69) is 57.7 Å². The van der Waals surface area contributed by atoms with Crippen LogP contribution in [0.4, 0.5) is 17.2 Å². The monoisotopic (exact) mass is 363 g/mol. The topological polar surface area (TPSA) is 121 Å². The number of benzene rings is 1. The Morgan fingerprint density at radius 3 is 2.59 bits per heavy atom. The molecule has 1 aromatic carbocycles. The maximum Gasteiger partial charge on any atom is 0.218 e. The lowest BCUT2D eigenvalue weighted by molar-refractivity contribution is 0.122. The van der Waals surface area contributed by atoms with Crippen molar-refractivity contribution in [1.29, 1.82) is 0 Å². The van der Waals surface area contributed by atoms with E-state index in [0.29, 0.717) is 28.5 Å². The van der Waals surface area contributed by atoms with E-state index in [1.165, 1.54) is 12.0 Å². The van der Waals surface area contributed by atoms with Gasteiger partial charge in [-0.05, 0) is 24.3 Å². The van der Waals surface area contributed by atoms with Gasteiger partial charge in [-0.15, -0.1) is 0 Å². The Balaban J connectivity index is 1.44. The average molecular weight is 363 g/mol. The molecule has 0 unspecified atom stereocenters. The zero-order chi connectivity index (χ0) is 18.1. The van der Waals surface area contributed by atoms with E-state index in [1.54, 1.807) is 6.20 Å². The van der Waals surface area contributed by atoms with Gasteiger partial charge in [0.2, 0.25) is 11.6 Å². The number of rotatable bonds is 4. The molecule has 0 bridgehead atoms. The van der Waals surface area contributed by atoms with Crippen molar-refractivity contribution in [2.75, 3.05) is 36.5 Å². The summed E-state index contributed by atoms with van der Waals surface area (Å²) in [6.45, 7) is 3.35. The maximum absolute atomic E-state index is 5.41. The fourth-order valence-electron chi connectivity index (χ4n) is 3.06. The molecule has 0 radical (unpaired) electrons. The summed E-state index contributed by atoms with van der Waals surface area (Å²) in [5.74, 6) is 1.46. The molecular formula is C17H17N9O. The Kier molecular flexibility index (Phi) is 3.87. The number of ether oxygens (including phenoxy) is 1. The number of aromatic nitrogens is 7. The summed E-state index contributed by atoms with van der Waals surface area (Å²) in [6, 6.07) is 8.23. The quantitative estimate of drug-likeness (QED) is 0.501. The van der Waals surface area contributed by atoms with Crippen molar-refractivity contribution < 1.29 is 4.74 Å². The van der Waals surface area contributed by atoms with Gasteiger partial charge < -0.3 is 15.0 Å². The van der Waals surface area contributed by atoms with Crippen LogP contribution < -0.4 is 10.2 Å². The van der Waals surface area contributed by atoms with Gasteiger partial charge in [0, 0.05) is 30.7 Å². The van der Waals surface area contributed by atoms with Gasteiger partial charge in [-0.2, -0.15) is 10.2 Å². The number of fused-ring (bicyclic) bond motifs is 1. The second-order valence-corrected chi connectivity index (χ2v) is 6.11. The minimum absolute atomic E-state index is 0.428. The lowest BCUT2D eigenvalue weighted by Gasteiger charge is -2.28. The molecule has 4 heterocycles. The van der Waals surface area contributed by atoms with E-state index in [4.69, 9.17) is 4.74 Å². The number of nitrogens with one attached hydrogen (secondary N) is 3. The second-order valence-electron chi connectivity index (χ2n) is 6.11. The number of anilines is 3. The number of aromatic amines is 2. The highest BCUT2D eigenvalue weighted by atomic mass is 16.5. The molecule has 1 fully saturated rings. The third-order valence-electron chi connectivity index (χ3n) is 4.41. The van der Waals surface area contributed by atoms with Gasteiger partial charge in [-0.3, -0.25) is 10.2 Å². The molecular weight excluding hydrogens is 346 g/mol. The van der Waals surface area contributed by atoms with Gasteiger partial charge >= 0.3 is 0 Å². The van der Waals surface area contributed by atoms with E-state index in [9.17, 15) is 0 Å². The van der Waals surface area contributed by atoms with Gasteiger partial charge in [-0.25, -0.2) is 15.0 Å². The van der Waals surface area contributed by atoms with E-state index in [1.807, 2.05) is 12.1 Å². The van der Waals surface area contributed by atoms with Crippen LogP contribution in [0.15, 0.2) is 36.8 Å². The normalized spacial score (nSPS) is 14.6. The number of morpholine rings is 1. The first-order chi connectivity index (χ1) is 13.4. The van der Waals surface area contributed by atoms with Crippen LogP contribution in [0.25, 0.3) is 22.7 Å². The Labute approximate surface area is 154 Å². The summed E-state index contributed by atoms with van der Waals surface area (Å²) >= 11 is 0. The summed E-state index contributed by atoms with van der Waals surface area (Å²) in [7, 11) is 0. The van der Waals surface area contributed by atoms with Crippen molar-refractivity contribution in [1.82, 2.24) is 35.3 Å². The minimum atomic E-state index is 0.428. The summed E-state index contributed by atoms with van der Waals surface area (Å²) in [6.07, 6.45) is 3.22. The summed E-state index contributed by atoms with van der Waals surface area (Å²) in [5, 5.41) is 17.1. The first-order valence-corrected chi connectivity index (χ1v) is 8.64. The van der Waals surface area contributed by atoms with E-state index in [0.717, 1.165) is 32.0 Å². The Bertz CT molecular complexity index is 1040. The van der Waals surface area contributed by atoms with Gasteiger partial charge in [-0.1, -0.05) is 0 Å². The molecule has 136 valence electrons. The van der Waals surface area contributed by atoms with Crippen molar-refractivity contribution in [3.05, 3.63) is 36.8 Å². The molecule has 0 spiro atoms. The second kappa shape index (κ2) is 6.65. The molecule has 0 amide bonds. The van der Waals surface area contributed by atoms with Crippen LogP contribution in [-0.4, -0.2) is 61.6 Å².